The minimum atomic E-state index is -0.752. The van der Waals surface area contributed by atoms with Gasteiger partial charge in [0.25, 0.3) is 5.91 Å². The van der Waals surface area contributed by atoms with E-state index < -0.39 is 30.0 Å². The summed E-state index contributed by atoms with van der Waals surface area (Å²) in [5.74, 6) is -2.32. The van der Waals surface area contributed by atoms with Gasteiger partial charge in [-0.15, -0.1) is 0 Å². The van der Waals surface area contributed by atoms with Crippen LogP contribution in [0.15, 0.2) is 42.5 Å². The van der Waals surface area contributed by atoms with Gasteiger partial charge in [-0.3, -0.25) is 19.2 Å². The summed E-state index contributed by atoms with van der Waals surface area (Å²) in [5, 5.41) is 2.40. The third-order valence-electron chi connectivity index (χ3n) is 4.35. The molecule has 2 aromatic rings. The number of halogens is 3. The Morgan fingerprint density at radius 3 is 2.07 bits per heavy atom. The minimum Gasteiger partial charge on any atom is -0.292 e. The number of piperidine rings is 1. The van der Waals surface area contributed by atoms with E-state index in [4.69, 9.17) is 34.8 Å². The fraction of sp³-hybridized carbons (Fsp3) is 0.200. The standard InChI is InChI=1S/C20H15Cl3N2O4/c21-13-6-4-12(5-7-13)17(26)11-24(25-18(27)2-1-3-19(25)28)20(29)15-9-8-14(22)10-16(15)23/h4-10H,1-3,11H2. The van der Waals surface area contributed by atoms with Crippen molar-refractivity contribution in [1.29, 1.82) is 0 Å². The van der Waals surface area contributed by atoms with Crippen molar-refractivity contribution in [2.45, 2.75) is 19.3 Å². The van der Waals surface area contributed by atoms with Crippen LogP contribution in [0.5, 0.6) is 0 Å². The first kappa shape index (κ1) is 21.3. The number of carbonyl (C=O) groups is 4. The highest BCUT2D eigenvalue weighted by molar-refractivity contribution is 6.36. The smallest absolute Gasteiger partial charge is 0.274 e. The Hall–Kier alpha value is -2.41. The Morgan fingerprint density at radius 1 is 0.897 bits per heavy atom. The van der Waals surface area contributed by atoms with E-state index in [1.165, 1.54) is 42.5 Å². The fourth-order valence-corrected chi connectivity index (χ4v) is 3.52. The molecule has 2 aromatic carbocycles. The highest BCUT2D eigenvalue weighted by atomic mass is 35.5. The molecule has 0 unspecified atom stereocenters. The molecule has 0 aliphatic carbocycles. The number of hydrazine groups is 1. The third-order valence-corrected chi connectivity index (χ3v) is 5.15. The van der Waals surface area contributed by atoms with E-state index in [1.54, 1.807) is 0 Å². The maximum atomic E-state index is 13.2. The topological polar surface area (TPSA) is 74.8 Å². The molecule has 150 valence electrons. The van der Waals surface area contributed by atoms with Gasteiger partial charge in [0, 0.05) is 28.5 Å². The van der Waals surface area contributed by atoms with E-state index in [-0.39, 0.29) is 29.0 Å². The van der Waals surface area contributed by atoms with E-state index in [1.807, 2.05) is 0 Å². The number of hydrogen-bond acceptors (Lipinski definition) is 4. The van der Waals surface area contributed by atoms with Crippen molar-refractivity contribution < 1.29 is 19.2 Å². The molecule has 0 N–H and O–H groups in total. The second-order valence-electron chi connectivity index (χ2n) is 6.37. The second kappa shape index (κ2) is 8.95. The highest BCUT2D eigenvalue weighted by Crippen LogP contribution is 2.25. The Bertz CT molecular complexity index is 976. The van der Waals surface area contributed by atoms with Gasteiger partial charge >= 0.3 is 0 Å². The number of amides is 3. The summed E-state index contributed by atoms with van der Waals surface area (Å²) in [5.41, 5.74) is 0.303. The average Bonchev–Trinajstić information content (AvgIpc) is 2.67. The first-order chi connectivity index (χ1) is 13.8. The van der Waals surface area contributed by atoms with Crippen LogP contribution in [-0.2, 0) is 9.59 Å². The number of hydrogen-bond donors (Lipinski definition) is 0. The number of imide groups is 1. The Labute approximate surface area is 181 Å². The first-order valence-corrected chi connectivity index (χ1v) is 9.82. The molecule has 0 bridgehead atoms. The molecule has 1 aliphatic rings. The van der Waals surface area contributed by atoms with Crippen molar-refractivity contribution in [3.8, 4) is 0 Å². The molecule has 0 spiro atoms. The van der Waals surface area contributed by atoms with E-state index in [9.17, 15) is 19.2 Å². The summed E-state index contributed by atoms with van der Waals surface area (Å²) >= 11 is 17.9. The number of ketones is 1. The molecule has 3 rings (SSSR count). The predicted octanol–water partition coefficient (Wildman–Crippen LogP) is 4.43. The molecule has 0 atom stereocenters. The van der Waals surface area contributed by atoms with Crippen LogP contribution in [0.25, 0.3) is 0 Å². The van der Waals surface area contributed by atoms with Crippen molar-refractivity contribution in [2.75, 3.05) is 6.54 Å². The van der Waals surface area contributed by atoms with Crippen LogP contribution in [0.1, 0.15) is 40.0 Å². The van der Waals surface area contributed by atoms with Crippen LogP contribution in [-0.4, -0.2) is 40.1 Å². The number of carbonyl (C=O) groups excluding carboxylic acids is 4. The zero-order chi connectivity index (χ0) is 21.1. The molecule has 1 fully saturated rings. The number of benzene rings is 2. The lowest BCUT2D eigenvalue weighted by Crippen LogP contribution is -2.56. The summed E-state index contributed by atoms with van der Waals surface area (Å²) in [6.45, 7) is -0.517. The molecule has 0 radical (unpaired) electrons. The molecule has 1 aliphatic heterocycles. The Kier molecular flexibility index (Phi) is 6.57. The van der Waals surface area contributed by atoms with Crippen LogP contribution >= 0.6 is 34.8 Å². The molecule has 0 aromatic heterocycles. The first-order valence-electron chi connectivity index (χ1n) is 8.69. The van der Waals surface area contributed by atoms with Gasteiger partial charge in [-0.05, 0) is 48.9 Å². The van der Waals surface area contributed by atoms with Gasteiger partial charge in [0.2, 0.25) is 11.8 Å². The van der Waals surface area contributed by atoms with Gasteiger partial charge < -0.3 is 0 Å². The molecule has 29 heavy (non-hydrogen) atoms. The van der Waals surface area contributed by atoms with Crippen molar-refractivity contribution in [2.24, 2.45) is 0 Å². The van der Waals surface area contributed by atoms with E-state index in [0.29, 0.717) is 16.5 Å². The lowest BCUT2D eigenvalue weighted by Gasteiger charge is -2.35. The normalized spacial score (nSPS) is 14.1. The van der Waals surface area contributed by atoms with E-state index in [2.05, 4.69) is 0 Å². The van der Waals surface area contributed by atoms with Gasteiger partial charge in [-0.1, -0.05) is 34.8 Å². The largest absolute Gasteiger partial charge is 0.292 e. The van der Waals surface area contributed by atoms with E-state index in [0.717, 1.165) is 10.0 Å². The van der Waals surface area contributed by atoms with Crippen LogP contribution in [0.4, 0.5) is 0 Å². The Balaban J connectivity index is 1.97. The highest BCUT2D eigenvalue weighted by Gasteiger charge is 2.36. The van der Waals surface area contributed by atoms with Gasteiger partial charge in [-0.25, -0.2) is 5.01 Å². The lowest BCUT2D eigenvalue weighted by atomic mass is 10.1. The summed E-state index contributed by atoms with van der Waals surface area (Å²) in [4.78, 5) is 50.7. The lowest BCUT2D eigenvalue weighted by molar-refractivity contribution is -0.162. The quantitative estimate of drug-likeness (QED) is 0.496. The van der Waals surface area contributed by atoms with Crippen LogP contribution in [0.2, 0.25) is 15.1 Å². The van der Waals surface area contributed by atoms with Gasteiger partial charge in [0.1, 0.15) is 6.54 Å². The van der Waals surface area contributed by atoms with Crippen molar-refractivity contribution in [1.82, 2.24) is 10.0 Å². The fourth-order valence-electron chi connectivity index (χ4n) is 2.91. The third kappa shape index (κ3) is 4.78. The molecule has 3 amide bonds. The second-order valence-corrected chi connectivity index (χ2v) is 7.65. The van der Waals surface area contributed by atoms with Crippen LogP contribution < -0.4 is 0 Å². The number of rotatable bonds is 5. The van der Waals surface area contributed by atoms with Crippen molar-refractivity contribution in [3.63, 3.8) is 0 Å². The summed E-state index contributed by atoms with van der Waals surface area (Å²) in [7, 11) is 0. The Morgan fingerprint density at radius 2 is 1.48 bits per heavy atom. The van der Waals surface area contributed by atoms with Gasteiger partial charge in [0.05, 0.1) is 10.6 Å². The molecule has 6 nitrogen and oxygen atoms in total. The molecule has 1 saturated heterocycles. The van der Waals surface area contributed by atoms with Crippen LogP contribution in [0, 0.1) is 0 Å². The molecule has 0 saturated carbocycles. The summed E-state index contributed by atoms with van der Waals surface area (Å²) in [6, 6.07) is 10.3. The predicted molar refractivity (Wildman–Crippen MR) is 109 cm³/mol. The average molecular weight is 454 g/mol. The zero-order valence-corrected chi connectivity index (χ0v) is 17.3. The van der Waals surface area contributed by atoms with Gasteiger partial charge in [-0.2, -0.15) is 5.01 Å². The van der Waals surface area contributed by atoms with Crippen molar-refractivity contribution in [3.05, 3.63) is 68.7 Å². The maximum Gasteiger partial charge on any atom is 0.274 e. The molecule has 9 heteroatoms. The molecular weight excluding hydrogens is 439 g/mol. The van der Waals surface area contributed by atoms with Crippen molar-refractivity contribution >= 4 is 58.3 Å². The summed E-state index contributed by atoms with van der Waals surface area (Å²) in [6.07, 6.45) is 0.584. The van der Waals surface area contributed by atoms with Crippen LogP contribution in [0.3, 0.4) is 0 Å². The monoisotopic (exact) mass is 452 g/mol. The van der Waals surface area contributed by atoms with Gasteiger partial charge in [0.15, 0.2) is 5.78 Å². The molecular formula is C20H15Cl3N2O4. The maximum absolute atomic E-state index is 13.2. The SMILES string of the molecule is O=C(CN(C(=O)c1ccc(Cl)cc1Cl)N1C(=O)CCCC1=O)c1ccc(Cl)cc1. The zero-order valence-electron chi connectivity index (χ0n) is 15.0. The molecule has 1 heterocycles. The number of Topliss-reactive ketones (excluding diaryl/α,β-unsaturated/α-hetero) is 1. The summed E-state index contributed by atoms with van der Waals surface area (Å²) < 4.78 is 0. The minimum absolute atomic E-state index is 0.0196. The number of nitrogens with zero attached hydrogens (tertiary/aromatic N) is 2. The van der Waals surface area contributed by atoms with E-state index >= 15 is 0 Å².